The summed E-state index contributed by atoms with van der Waals surface area (Å²) in [5.41, 5.74) is 0.986. The van der Waals surface area contributed by atoms with Gasteiger partial charge in [0.1, 0.15) is 0 Å². The van der Waals surface area contributed by atoms with Gasteiger partial charge in [-0.1, -0.05) is 0 Å². The number of hydrogen-bond acceptors (Lipinski definition) is 2. The fourth-order valence-corrected chi connectivity index (χ4v) is 1.51. The van der Waals surface area contributed by atoms with Crippen molar-refractivity contribution >= 4 is 27.5 Å². The van der Waals surface area contributed by atoms with Gasteiger partial charge in [-0.2, -0.15) is 0 Å². The van der Waals surface area contributed by atoms with Crippen LogP contribution in [0.25, 0.3) is 0 Å². The van der Waals surface area contributed by atoms with Crippen molar-refractivity contribution in [1.29, 1.82) is 0 Å². The minimum atomic E-state index is -0.00123. The first-order valence-corrected chi connectivity index (χ1v) is 5.18. The molecule has 0 amide bonds. The van der Waals surface area contributed by atoms with Gasteiger partial charge in [0.15, 0.2) is 0 Å². The third-order valence-electron chi connectivity index (χ3n) is 1.57. The SMILES string of the molecule is COCC(Cl)Cc1ccc(Br)cn1. The van der Waals surface area contributed by atoms with Crippen LogP contribution >= 0.6 is 27.5 Å². The molecule has 0 aromatic carbocycles. The van der Waals surface area contributed by atoms with Crippen molar-refractivity contribution in [2.75, 3.05) is 13.7 Å². The minimum Gasteiger partial charge on any atom is -0.383 e. The molecule has 0 fully saturated rings. The Kier molecular flexibility index (Phi) is 4.70. The van der Waals surface area contributed by atoms with Crippen molar-refractivity contribution in [2.45, 2.75) is 11.8 Å². The summed E-state index contributed by atoms with van der Waals surface area (Å²) < 4.78 is 5.91. The Morgan fingerprint density at radius 2 is 2.38 bits per heavy atom. The van der Waals surface area contributed by atoms with Crippen LogP contribution in [-0.2, 0) is 11.2 Å². The molecule has 13 heavy (non-hydrogen) atoms. The number of rotatable bonds is 4. The van der Waals surface area contributed by atoms with E-state index in [0.717, 1.165) is 16.6 Å². The minimum absolute atomic E-state index is 0.00123. The Labute approximate surface area is 91.4 Å². The van der Waals surface area contributed by atoms with Gasteiger partial charge in [0, 0.05) is 29.9 Å². The number of pyridine rings is 1. The topological polar surface area (TPSA) is 22.1 Å². The number of aromatic nitrogens is 1. The first kappa shape index (κ1) is 11.0. The van der Waals surface area contributed by atoms with Crippen molar-refractivity contribution in [1.82, 2.24) is 4.98 Å². The van der Waals surface area contributed by atoms with Gasteiger partial charge in [0.2, 0.25) is 0 Å². The lowest BCUT2D eigenvalue weighted by Gasteiger charge is -2.06. The molecule has 0 radical (unpaired) electrons. The van der Waals surface area contributed by atoms with Crippen LogP contribution in [0.1, 0.15) is 5.69 Å². The van der Waals surface area contributed by atoms with Crippen LogP contribution in [0.4, 0.5) is 0 Å². The summed E-state index contributed by atoms with van der Waals surface area (Å²) in [5.74, 6) is 0. The molecular weight excluding hydrogens is 253 g/mol. The maximum Gasteiger partial charge on any atom is 0.0630 e. The average Bonchev–Trinajstić information content (AvgIpc) is 2.09. The molecule has 72 valence electrons. The van der Waals surface area contributed by atoms with E-state index in [-0.39, 0.29) is 5.38 Å². The smallest absolute Gasteiger partial charge is 0.0630 e. The lowest BCUT2D eigenvalue weighted by Crippen LogP contribution is -2.11. The molecule has 0 aliphatic heterocycles. The third-order valence-corrected chi connectivity index (χ3v) is 2.32. The second-order valence-corrected chi connectivity index (χ2v) is 4.26. The molecular formula is C9H11BrClNO. The van der Waals surface area contributed by atoms with E-state index < -0.39 is 0 Å². The normalized spacial score (nSPS) is 12.8. The Hall–Kier alpha value is -0.120. The van der Waals surface area contributed by atoms with E-state index in [2.05, 4.69) is 20.9 Å². The maximum atomic E-state index is 5.98. The van der Waals surface area contributed by atoms with Gasteiger partial charge >= 0.3 is 0 Å². The summed E-state index contributed by atoms with van der Waals surface area (Å²) in [5, 5.41) is -0.00123. The van der Waals surface area contributed by atoms with Gasteiger partial charge in [-0.05, 0) is 28.1 Å². The lowest BCUT2D eigenvalue weighted by molar-refractivity contribution is 0.197. The summed E-state index contributed by atoms with van der Waals surface area (Å²) in [6, 6.07) is 3.91. The van der Waals surface area contributed by atoms with Crippen molar-refractivity contribution < 1.29 is 4.74 Å². The van der Waals surface area contributed by atoms with Gasteiger partial charge in [0.05, 0.1) is 12.0 Å². The number of methoxy groups -OCH3 is 1. The molecule has 1 aromatic heterocycles. The predicted molar refractivity (Wildman–Crippen MR) is 57.2 cm³/mol. The Morgan fingerprint density at radius 1 is 1.62 bits per heavy atom. The van der Waals surface area contributed by atoms with E-state index in [1.54, 1.807) is 13.3 Å². The molecule has 1 atom stereocenters. The van der Waals surface area contributed by atoms with Gasteiger partial charge < -0.3 is 4.74 Å². The molecule has 0 N–H and O–H groups in total. The van der Waals surface area contributed by atoms with E-state index in [9.17, 15) is 0 Å². The quantitative estimate of drug-likeness (QED) is 0.780. The number of nitrogens with zero attached hydrogens (tertiary/aromatic N) is 1. The van der Waals surface area contributed by atoms with E-state index in [1.807, 2.05) is 12.1 Å². The first-order chi connectivity index (χ1) is 6.22. The van der Waals surface area contributed by atoms with Crippen molar-refractivity contribution in [2.24, 2.45) is 0 Å². The second-order valence-electron chi connectivity index (χ2n) is 2.72. The summed E-state index contributed by atoms with van der Waals surface area (Å²) in [6.07, 6.45) is 2.51. The predicted octanol–water partition coefficient (Wildman–Crippen LogP) is 2.64. The zero-order valence-electron chi connectivity index (χ0n) is 7.34. The van der Waals surface area contributed by atoms with Crippen LogP contribution in [-0.4, -0.2) is 24.1 Å². The van der Waals surface area contributed by atoms with Crippen LogP contribution in [0.5, 0.6) is 0 Å². The molecule has 0 aliphatic rings. The van der Waals surface area contributed by atoms with Crippen LogP contribution in [0.2, 0.25) is 0 Å². The Balaban J connectivity index is 2.49. The highest BCUT2D eigenvalue weighted by Crippen LogP contribution is 2.10. The largest absolute Gasteiger partial charge is 0.383 e. The van der Waals surface area contributed by atoms with Crippen molar-refractivity contribution in [3.8, 4) is 0 Å². The monoisotopic (exact) mass is 263 g/mol. The van der Waals surface area contributed by atoms with Gasteiger partial charge in [-0.3, -0.25) is 4.98 Å². The lowest BCUT2D eigenvalue weighted by atomic mass is 10.2. The second kappa shape index (κ2) is 5.58. The van der Waals surface area contributed by atoms with Crippen LogP contribution < -0.4 is 0 Å². The highest BCUT2D eigenvalue weighted by molar-refractivity contribution is 9.10. The van der Waals surface area contributed by atoms with Gasteiger partial charge in [0.25, 0.3) is 0 Å². The summed E-state index contributed by atoms with van der Waals surface area (Å²) in [6.45, 7) is 0.555. The molecule has 4 heteroatoms. The fraction of sp³-hybridized carbons (Fsp3) is 0.444. The molecule has 0 spiro atoms. The average molecular weight is 265 g/mol. The Bertz CT molecular complexity index is 252. The number of hydrogen-bond donors (Lipinski definition) is 0. The highest BCUT2D eigenvalue weighted by atomic mass is 79.9. The number of ether oxygens (including phenoxy) is 1. The van der Waals surface area contributed by atoms with Crippen LogP contribution in [0, 0.1) is 0 Å². The molecule has 1 heterocycles. The van der Waals surface area contributed by atoms with Crippen molar-refractivity contribution in [3.05, 3.63) is 28.5 Å². The number of halogens is 2. The first-order valence-electron chi connectivity index (χ1n) is 3.96. The molecule has 1 rings (SSSR count). The van der Waals surface area contributed by atoms with E-state index in [1.165, 1.54) is 0 Å². The molecule has 0 saturated carbocycles. The standard InChI is InChI=1S/C9H11BrClNO/c1-13-6-8(11)4-9-3-2-7(10)5-12-9/h2-3,5,8H,4,6H2,1H3. The van der Waals surface area contributed by atoms with E-state index in [4.69, 9.17) is 16.3 Å². The van der Waals surface area contributed by atoms with Gasteiger partial charge in [-0.15, -0.1) is 11.6 Å². The van der Waals surface area contributed by atoms with Crippen LogP contribution in [0.3, 0.4) is 0 Å². The van der Waals surface area contributed by atoms with Crippen LogP contribution in [0.15, 0.2) is 22.8 Å². The maximum absolute atomic E-state index is 5.98. The van der Waals surface area contributed by atoms with E-state index >= 15 is 0 Å². The zero-order valence-corrected chi connectivity index (χ0v) is 9.68. The highest BCUT2D eigenvalue weighted by Gasteiger charge is 2.05. The van der Waals surface area contributed by atoms with Crippen molar-refractivity contribution in [3.63, 3.8) is 0 Å². The molecule has 2 nitrogen and oxygen atoms in total. The summed E-state index contributed by atoms with van der Waals surface area (Å²) in [7, 11) is 1.64. The molecule has 0 saturated heterocycles. The molecule has 0 bridgehead atoms. The third kappa shape index (κ3) is 4.07. The Morgan fingerprint density at radius 3 is 2.92 bits per heavy atom. The van der Waals surface area contributed by atoms with Gasteiger partial charge in [-0.25, -0.2) is 0 Å². The summed E-state index contributed by atoms with van der Waals surface area (Å²) in [4.78, 5) is 4.21. The van der Waals surface area contributed by atoms with E-state index in [0.29, 0.717) is 6.61 Å². The molecule has 0 aliphatic carbocycles. The zero-order chi connectivity index (χ0) is 9.68. The summed E-state index contributed by atoms with van der Waals surface area (Å²) >= 11 is 9.30. The number of alkyl halides is 1. The molecule has 1 unspecified atom stereocenters. The fourth-order valence-electron chi connectivity index (χ4n) is 0.994. The molecule has 1 aromatic rings.